The molecule has 0 unspecified atom stereocenters. The van der Waals surface area contributed by atoms with E-state index in [2.05, 4.69) is 32.4 Å². The molecule has 0 bridgehead atoms. The van der Waals surface area contributed by atoms with E-state index in [4.69, 9.17) is 5.11 Å². The molecule has 24 heavy (non-hydrogen) atoms. The first-order valence-corrected chi connectivity index (χ1v) is 8.81. The van der Waals surface area contributed by atoms with Crippen molar-refractivity contribution in [3.63, 3.8) is 0 Å². The Hall–Kier alpha value is -1.99. The Morgan fingerprint density at radius 1 is 1.08 bits per heavy atom. The van der Waals surface area contributed by atoms with Gasteiger partial charge < -0.3 is 9.94 Å². The molecule has 0 atom stereocenters. The Bertz CT molecular complexity index is 502. The number of tetrazole rings is 1. The second-order valence-electron chi connectivity index (χ2n) is 5.84. The molecule has 0 aromatic carbocycles. The van der Waals surface area contributed by atoms with E-state index in [9.17, 15) is 4.79 Å². The molecule has 0 saturated heterocycles. The summed E-state index contributed by atoms with van der Waals surface area (Å²) in [6.07, 6.45) is 12.4. The lowest BCUT2D eigenvalue weighted by Gasteiger charge is -2.05. The van der Waals surface area contributed by atoms with Crippen LogP contribution in [0.25, 0.3) is 0 Å². The van der Waals surface area contributed by atoms with Crippen molar-refractivity contribution in [3.05, 3.63) is 5.82 Å². The van der Waals surface area contributed by atoms with E-state index in [1.807, 2.05) is 0 Å². The van der Waals surface area contributed by atoms with Gasteiger partial charge >= 0.3 is 5.97 Å². The summed E-state index contributed by atoms with van der Waals surface area (Å²) in [7, 11) is 1.29. The van der Waals surface area contributed by atoms with Gasteiger partial charge in [0.15, 0.2) is 0 Å². The first kappa shape index (κ1) is 20.1. The molecule has 136 valence electrons. The van der Waals surface area contributed by atoms with Crippen molar-refractivity contribution in [2.45, 2.75) is 77.7 Å². The number of aryl methyl sites for hydroxylation is 1. The highest BCUT2D eigenvalue weighted by Crippen LogP contribution is 2.11. The van der Waals surface area contributed by atoms with Gasteiger partial charge in [0.05, 0.1) is 0 Å². The number of carboxylic acid groups (broad SMARTS) is 1. The lowest BCUT2D eigenvalue weighted by molar-refractivity contribution is -0.129. The zero-order chi connectivity index (χ0) is 17.6. The van der Waals surface area contributed by atoms with Gasteiger partial charge in [0, 0.05) is 6.54 Å². The first-order chi connectivity index (χ1) is 11.7. The SMILES string of the molecule is CCCCCCCCCCCCn1nnnc1/C(=N/OC)C(=O)O. The van der Waals surface area contributed by atoms with Gasteiger partial charge in [0.2, 0.25) is 11.5 Å². The number of unbranched alkanes of at least 4 members (excludes halogenated alkanes) is 9. The lowest BCUT2D eigenvalue weighted by Crippen LogP contribution is -2.21. The molecular weight excluding hydrogens is 310 g/mol. The summed E-state index contributed by atoms with van der Waals surface area (Å²) >= 11 is 0. The Morgan fingerprint density at radius 3 is 2.21 bits per heavy atom. The van der Waals surface area contributed by atoms with Gasteiger partial charge in [-0.05, 0) is 16.8 Å². The largest absolute Gasteiger partial charge is 0.476 e. The lowest BCUT2D eigenvalue weighted by atomic mass is 10.1. The number of hydrogen-bond donors (Lipinski definition) is 1. The van der Waals surface area contributed by atoms with Crippen LogP contribution in [0.4, 0.5) is 0 Å². The van der Waals surface area contributed by atoms with E-state index in [-0.39, 0.29) is 11.5 Å². The van der Waals surface area contributed by atoms with Crippen LogP contribution in [0.3, 0.4) is 0 Å². The molecule has 8 heteroatoms. The summed E-state index contributed by atoms with van der Waals surface area (Å²) in [5, 5.41) is 23.7. The molecule has 1 heterocycles. The van der Waals surface area contributed by atoms with E-state index in [0.29, 0.717) is 6.54 Å². The van der Waals surface area contributed by atoms with Crippen molar-refractivity contribution < 1.29 is 14.7 Å². The molecular formula is C16H29N5O3. The maximum absolute atomic E-state index is 11.2. The zero-order valence-electron chi connectivity index (χ0n) is 14.8. The molecule has 0 fully saturated rings. The normalized spacial score (nSPS) is 11.7. The maximum Gasteiger partial charge on any atom is 0.362 e. The Morgan fingerprint density at radius 2 is 1.67 bits per heavy atom. The van der Waals surface area contributed by atoms with Crippen LogP contribution in [0.1, 0.15) is 77.0 Å². The van der Waals surface area contributed by atoms with Crippen LogP contribution >= 0.6 is 0 Å². The topological polar surface area (TPSA) is 102 Å². The highest BCUT2D eigenvalue weighted by molar-refractivity contribution is 6.41. The number of carboxylic acids is 1. The number of rotatable bonds is 14. The van der Waals surface area contributed by atoms with Crippen LogP contribution in [0, 0.1) is 0 Å². The minimum atomic E-state index is -1.21. The van der Waals surface area contributed by atoms with Crippen molar-refractivity contribution >= 4 is 11.7 Å². The standard InChI is InChI=1S/C16H29N5O3/c1-3-4-5-6-7-8-9-10-11-12-13-21-15(17-19-20-21)14(16(22)23)18-24-2/h3-13H2,1-2H3,(H,22,23)/b18-14-. The van der Waals surface area contributed by atoms with Crippen molar-refractivity contribution in [3.8, 4) is 0 Å². The smallest absolute Gasteiger partial charge is 0.362 e. The fourth-order valence-corrected chi connectivity index (χ4v) is 2.54. The second kappa shape index (κ2) is 12.4. The molecule has 1 N–H and O–H groups in total. The summed E-state index contributed by atoms with van der Waals surface area (Å²) in [5.74, 6) is -1.09. The van der Waals surface area contributed by atoms with Crippen molar-refractivity contribution in [1.29, 1.82) is 0 Å². The molecule has 0 aliphatic carbocycles. The Balaban J connectivity index is 2.24. The molecule has 1 rings (SSSR count). The summed E-state index contributed by atoms with van der Waals surface area (Å²) in [4.78, 5) is 15.7. The molecule has 8 nitrogen and oxygen atoms in total. The van der Waals surface area contributed by atoms with E-state index in [0.717, 1.165) is 12.8 Å². The number of carbonyl (C=O) groups is 1. The minimum Gasteiger partial charge on any atom is -0.476 e. The number of aliphatic carboxylic acids is 1. The highest BCUT2D eigenvalue weighted by Gasteiger charge is 2.21. The third kappa shape index (κ3) is 7.52. The molecule has 0 aliphatic heterocycles. The van der Waals surface area contributed by atoms with Gasteiger partial charge in [0.25, 0.3) is 0 Å². The number of nitrogens with zero attached hydrogens (tertiary/aromatic N) is 5. The summed E-state index contributed by atoms with van der Waals surface area (Å²) < 4.78 is 1.47. The average Bonchev–Trinajstić information content (AvgIpc) is 3.02. The van der Waals surface area contributed by atoms with Crippen LogP contribution in [0.5, 0.6) is 0 Å². The van der Waals surface area contributed by atoms with Crippen LogP contribution in [0.2, 0.25) is 0 Å². The van der Waals surface area contributed by atoms with E-state index in [1.54, 1.807) is 0 Å². The first-order valence-electron chi connectivity index (χ1n) is 8.81. The van der Waals surface area contributed by atoms with Crippen LogP contribution in [0.15, 0.2) is 5.16 Å². The molecule has 0 amide bonds. The molecule has 0 aliphatic rings. The molecule has 1 aromatic heterocycles. The fourth-order valence-electron chi connectivity index (χ4n) is 2.54. The van der Waals surface area contributed by atoms with Crippen LogP contribution in [-0.4, -0.2) is 44.1 Å². The van der Waals surface area contributed by atoms with Crippen molar-refractivity contribution in [2.24, 2.45) is 5.16 Å². The van der Waals surface area contributed by atoms with E-state index in [1.165, 1.54) is 63.2 Å². The fraction of sp³-hybridized carbons (Fsp3) is 0.812. The Labute approximate surface area is 143 Å². The predicted octanol–water partition coefficient (Wildman–Crippen LogP) is 3.03. The number of hydrogen-bond acceptors (Lipinski definition) is 6. The third-order valence-corrected chi connectivity index (χ3v) is 3.85. The summed E-state index contributed by atoms with van der Waals surface area (Å²) in [5.41, 5.74) is -0.283. The third-order valence-electron chi connectivity index (χ3n) is 3.85. The maximum atomic E-state index is 11.2. The van der Waals surface area contributed by atoms with Crippen molar-refractivity contribution in [2.75, 3.05) is 7.11 Å². The number of aromatic nitrogens is 4. The van der Waals surface area contributed by atoms with Gasteiger partial charge in [0.1, 0.15) is 7.11 Å². The monoisotopic (exact) mass is 339 g/mol. The van der Waals surface area contributed by atoms with Gasteiger partial charge in [-0.25, -0.2) is 9.48 Å². The molecule has 0 radical (unpaired) electrons. The average molecular weight is 339 g/mol. The minimum absolute atomic E-state index is 0.125. The predicted molar refractivity (Wildman–Crippen MR) is 90.8 cm³/mol. The second-order valence-corrected chi connectivity index (χ2v) is 5.84. The van der Waals surface area contributed by atoms with Gasteiger partial charge in [-0.2, -0.15) is 0 Å². The molecule has 0 saturated carbocycles. The van der Waals surface area contributed by atoms with Gasteiger partial charge in [-0.15, -0.1) is 5.10 Å². The van der Waals surface area contributed by atoms with Crippen LogP contribution < -0.4 is 0 Å². The molecule has 0 spiro atoms. The van der Waals surface area contributed by atoms with E-state index >= 15 is 0 Å². The van der Waals surface area contributed by atoms with E-state index < -0.39 is 5.97 Å². The van der Waals surface area contributed by atoms with Crippen molar-refractivity contribution in [1.82, 2.24) is 20.2 Å². The van der Waals surface area contributed by atoms with Crippen LogP contribution in [-0.2, 0) is 16.2 Å². The summed E-state index contributed by atoms with van der Waals surface area (Å²) in [6.45, 7) is 2.81. The Kier molecular flexibility index (Phi) is 10.4. The highest BCUT2D eigenvalue weighted by atomic mass is 16.6. The zero-order valence-corrected chi connectivity index (χ0v) is 14.8. The van der Waals surface area contributed by atoms with Gasteiger partial charge in [-0.3, -0.25) is 0 Å². The summed E-state index contributed by atoms with van der Waals surface area (Å²) in [6, 6.07) is 0. The van der Waals surface area contributed by atoms with Gasteiger partial charge in [-0.1, -0.05) is 69.9 Å². The molecule has 1 aromatic rings. The number of oxime groups is 1. The quantitative estimate of drug-likeness (QED) is 0.317.